The van der Waals surface area contributed by atoms with Crippen molar-refractivity contribution in [3.05, 3.63) is 77.8 Å². The fourth-order valence-electron chi connectivity index (χ4n) is 6.80. The first kappa shape index (κ1) is 29.7. The van der Waals surface area contributed by atoms with Crippen LogP contribution >= 0.6 is 0 Å². The number of piperazine rings is 1. The topological polar surface area (TPSA) is 102 Å². The number of amides is 2. The number of ether oxygens (including phenoxy) is 1. The highest BCUT2D eigenvalue weighted by Crippen LogP contribution is 2.52. The average molecular weight is 580 g/mol. The molecule has 10 heteroatoms. The van der Waals surface area contributed by atoms with E-state index in [1.54, 1.807) is 11.2 Å². The summed E-state index contributed by atoms with van der Waals surface area (Å²) in [5.41, 5.74) is 6.48. The van der Waals surface area contributed by atoms with E-state index in [4.69, 9.17) is 15.5 Å². The van der Waals surface area contributed by atoms with Crippen LogP contribution in [0.15, 0.2) is 54.9 Å². The SMILES string of the molecule is CC(C)(C)[C@@]1(OC(N)=O)CCCC[C@@H]1n1cnc(C(=O)N2CCNC[C@H]2Cc2cc(F)cc(F)c2)c1-c1ccccc1. The van der Waals surface area contributed by atoms with E-state index in [2.05, 4.69) is 5.32 Å². The molecule has 3 N–H and O–H groups in total. The first-order chi connectivity index (χ1) is 20.0. The predicted octanol–water partition coefficient (Wildman–Crippen LogP) is 5.48. The largest absolute Gasteiger partial charge is 0.440 e. The third kappa shape index (κ3) is 5.77. The molecule has 1 aliphatic carbocycles. The summed E-state index contributed by atoms with van der Waals surface area (Å²) in [6, 6.07) is 12.4. The van der Waals surface area contributed by atoms with Crippen molar-refractivity contribution in [2.45, 2.75) is 70.6 Å². The Balaban J connectivity index is 1.58. The first-order valence-electron chi connectivity index (χ1n) is 14.6. The van der Waals surface area contributed by atoms with E-state index in [0.717, 1.165) is 30.9 Å². The number of hydrogen-bond donors (Lipinski definition) is 2. The molecule has 0 radical (unpaired) electrons. The van der Waals surface area contributed by atoms with Gasteiger partial charge in [-0.1, -0.05) is 57.5 Å². The fraction of sp³-hybridized carbons (Fsp3) is 0.469. The lowest BCUT2D eigenvalue weighted by Gasteiger charge is -2.51. The van der Waals surface area contributed by atoms with Crippen molar-refractivity contribution in [1.82, 2.24) is 19.8 Å². The molecule has 1 aromatic heterocycles. The van der Waals surface area contributed by atoms with Gasteiger partial charge < -0.3 is 25.3 Å². The highest BCUT2D eigenvalue weighted by Gasteiger charge is 2.54. The number of aromatic nitrogens is 2. The molecule has 0 bridgehead atoms. The zero-order chi connectivity index (χ0) is 30.1. The Bertz CT molecular complexity index is 1420. The number of carbonyl (C=O) groups is 2. The van der Waals surface area contributed by atoms with Gasteiger partial charge in [0.1, 0.15) is 17.2 Å². The Morgan fingerprint density at radius 2 is 1.83 bits per heavy atom. The van der Waals surface area contributed by atoms with Gasteiger partial charge in [-0.3, -0.25) is 4.79 Å². The third-order valence-corrected chi connectivity index (χ3v) is 8.75. The van der Waals surface area contributed by atoms with Crippen molar-refractivity contribution < 1.29 is 23.1 Å². The lowest BCUT2D eigenvalue weighted by molar-refractivity contribution is -0.122. The van der Waals surface area contributed by atoms with Crippen LogP contribution in [0.4, 0.5) is 13.6 Å². The van der Waals surface area contributed by atoms with Gasteiger partial charge in [-0.05, 0) is 43.4 Å². The Morgan fingerprint density at radius 3 is 2.50 bits per heavy atom. The molecule has 0 spiro atoms. The van der Waals surface area contributed by atoms with Crippen molar-refractivity contribution in [2.75, 3.05) is 19.6 Å². The number of nitrogens with zero attached hydrogens (tertiary/aromatic N) is 3. The molecule has 1 aliphatic heterocycles. The van der Waals surface area contributed by atoms with Crippen molar-refractivity contribution in [3.63, 3.8) is 0 Å². The van der Waals surface area contributed by atoms with E-state index in [9.17, 15) is 18.4 Å². The van der Waals surface area contributed by atoms with Crippen LogP contribution in [-0.2, 0) is 11.2 Å². The number of rotatable bonds is 6. The number of halogens is 2. The summed E-state index contributed by atoms with van der Waals surface area (Å²) in [6.45, 7) is 7.61. The van der Waals surface area contributed by atoms with Gasteiger partial charge in [-0.25, -0.2) is 18.6 Å². The second kappa shape index (κ2) is 11.8. The molecule has 42 heavy (non-hydrogen) atoms. The van der Waals surface area contributed by atoms with Gasteiger partial charge in [0.25, 0.3) is 5.91 Å². The summed E-state index contributed by atoms with van der Waals surface area (Å²) >= 11 is 0. The number of imidazole rings is 1. The third-order valence-electron chi connectivity index (χ3n) is 8.75. The maximum Gasteiger partial charge on any atom is 0.405 e. The molecule has 5 rings (SSSR count). The van der Waals surface area contributed by atoms with Gasteiger partial charge in [0.15, 0.2) is 5.69 Å². The van der Waals surface area contributed by atoms with Gasteiger partial charge in [0.2, 0.25) is 0 Å². The van der Waals surface area contributed by atoms with Crippen LogP contribution < -0.4 is 11.1 Å². The van der Waals surface area contributed by atoms with Crippen LogP contribution in [0, 0.1) is 17.0 Å². The zero-order valence-electron chi connectivity index (χ0n) is 24.4. The molecule has 2 heterocycles. The normalized spacial score (nSPS) is 23.0. The number of nitrogens with one attached hydrogen (secondary N) is 1. The summed E-state index contributed by atoms with van der Waals surface area (Å²) in [5.74, 6) is -1.56. The molecule has 1 saturated heterocycles. The summed E-state index contributed by atoms with van der Waals surface area (Å²) in [6.07, 6.45) is 4.29. The van der Waals surface area contributed by atoms with E-state index in [-0.39, 0.29) is 30.1 Å². The molecule has 2 aliphatic rings. The highest BCUT2D eigenvalue weighted by molar-refractivity contribution is 5.98. The lowest BCUT2D eigenvalue weighted by atomic mass is 9.65. The van der Waals surface area contributed by atoms with Crippen molar-refractivity contribution in [2.24, 2.45) is 11.1 Å². The Morgan fingerprint density at radius 1 is 1.12 bits per heavy atom. The smallest absolute Gasteiger partial charge is 0.405 e. The van der Waals surface area contributed by atoms with Gasteiger partial charge in [-0.2, -0.15) is 0 Å². The number of nitrogens with two attached hydrogens (primary N) is 1. The molecule has 2 fully saturated rings. The van der Waals surface area contributed by atoms with Gasteiger partial charge >= 0.3 is 6.09 Å². The molecule has 0 unspecified atom stereocenters. The number of primary amides is 1. The van der Waals surface area contributed by atoms with Gasteiger partial charge in [-0.15, -0.1) is 0 Å². The molecule has 3 aromatic rings. The molecule has 3 atom stereocenters. The molecule has 2 amide bonds. The second-order valence-corrected chi connectivity index (χ2v) is 12.4. The van der Waals surface area contributed by atoms with E-state index in [1.165, 1.54) is 12.1 Å². The van der Waals surface area contributed by atoms with Crippen LogP contribution in [0.5, 0.6) is 0 Å². The zero-order valence-corrected chi connectivity index (χ0v) is 24.4. The maximum absolute atomic E-state index is 14.3. The van der Waals surface area contributed by atoms with E-state index < -0.39 is 28.7 Å². The monoisotopic (exact) mass is 579 g/mol. The average Bonchev–Trinajstić information content (AvgIpc) is 3.37. The minimum absolute atomic E-state index is 0.260. The minimum Gasteiger partial charge on any atom is -0.440 e. The Kier molecular flexibility index (Phi) is 8.37. The number of hydrogen-bond acceptors (Lipinski definition) is 5. The lowest BCUT2D eigenvalue weighted by Crippen LogP contribution is -2.55. The van der Waals surface area contributed by atoms with Crippen molar-refractivity contribution in [3.8, 4) is 11.3 Å². The predicted molar refractivity (Wildman–Crippen MR) is 156 cm³/mol. The summed E-state index contributed by atoms with van der Waals surface area (Å²) < 4.78 is 35.9. The highest BCUT2D eigenvalue weighted by atomic mass is 19.1. The number of carbonyl (C=O) groups excluding carboxylic acids is 2. The Hall–Kier alpha value is -3.79. The summed E-state index contributed by atoms with van der Waals surface area (Å²) in [4.78, 5) is 33.0. The molecule has 224 valence electrons. The quantitative estimate of drug-likeness (QED) is 0.403. The van der Waals surface area contributed by atoms with Crippen molar-refractivity contribution >= 4 is 12.0 Å². The van der Waals surface area contributed by atoms with Crippen LogP contribution in [0.25, 0.3) is 11.3 Å². The van der Waals surface area contributed by atoms with Crippen LogP contribution in [0.2, 0.25) is 0 Å². The van der Waals surface area contributed by atoms with E-state index >= 15 is 0 Å². The van der Waals surface area contributed by atoms with Crippen LogP contribution in [-0.4, -0.2) is 57.7 Å². The van der Waals surface area contributed by atoms with Crippen LogP contribution in [0.3, 0.4) is 0 Å². The maximum atomic E-state index is 14.3. The Labute approximate surface area is 245 Å². The molecule has 8 nitrogen and oxygen atoms in total. The first-order valence-corrected chi connectivity index (χ1v) is 14.6. The molecular weight excluding hydrogens is 540 g/mol. The summed E-state index contributed by atoms with van der Waals surface area (Å²) in [7, 11) is 0. The van der Waals surface area contributed by atoms with Crippen molar-refractivity contribution in [1.29, 1.82) is 0 Å². The van der Waals surface area contributed by atoms with Crippen LogP contribution in [0.1, 0.15) is 68.5 Å². The minimum atomic E-state index is -0.916. The molecular formula is C32H39F2N5O3. The fourth-order valence-corrected chi connectivity index (χ4v) is 6.80. The van der Waals surface area contributed by atoms with Gasteiger partial charge in [0.05, 0.1) is 18.1 Å². The molecule has 1 saturated carbocycles. The standard InChI is InChI=1S/C32H39F2N5O3/c1-31(2,3)32(42-30(35)41)12-8-7-11-26(32)39-20-37-27(28(39)22-9-5-4-6-10-22)29(40)38-14-13-36-19-25(38)17-21-15-23(33)18-24(34)16-21/h4-6,9-10,15-16,18,20,25-26,36H,7-8,11-14,17,19H2,1-3H3,(H2,35,41)/t25-,26+,32-/m1/s1. The van der Waals surface area contributed by atoms with E-state index in [1.807, 2.05) is 55.7 Å². The molecule has 2 aromatic carbocycles. The van der Waals surface area contributed by atoms with E-state index in [0.29, 0.717) is 37.3 Å². The van der Waals surface area contributed by atoms with Gasteiger partial charge in [0, 0.05) is 42.7 Å². The number of benzene rings is 2. The summed E-state index contributed by atoms with van der Waals surface area (Å²) in [5, 5.41) is 3.30. The second-order valence-electron chi connectivity index (χ2n) is 12.4.